The Balaban J connectivity index is 1.98. The number of anilines is 1. The highest BCUT2D eigenvalue weighted by molar-refractivity contribution is 9.10. The summed E-state index contributed by atoms with van der Waals surface area (Å²) in [6, 6.07) is 6.59. The number of rotatable bonds is 3. The first kappa shape index (κ1) is 12.9. The van der Waals surface area contributed by atoms with Crippen molar-refractivity contribution in [3.8, 4) is 0 Å². The Kier molecular flexibility index (Phi) is 4.46. The number of aryl methyl sites for hydroxylation is 1. The van der Waals surface area contributed by atoms with Crippen LogP contribution in [0.5, 0.6) is 0 Å². The van der Waals surface area contributed by atoms with Gasteiger partial charge >= 0.3 is 0 Å². The maximum Gasteiger partial charge on any atom is 0.0375 e. The molecule has 1 aliphatic rings. The van der Waals surface area contributed by atoms with E-state index in [1.807, 2.05) is 0 Å². The molecular weight excluding hydrogens is 276 g/mol. The van der Waals surface area contributed by atoms with Crippen molar-refractivity contribution in [1.82, 2.24) is 5.32 Å². The minimum atomic E-state index is 0.786. The average Bonchev–Trinajstić information content (AvgIpc) is 2.34. The van der Waals surface area contributed by atoms with Crippen molar-refractivity contribution in [2.75, 3.05) is 31.6 Å². The Morgan fingerprint density at radius 2 is 2.29 bits per heavy atom. The van der Waals surface area contributed by atoms with E-state index in [9.17, 15) is 0 Å². The number of nitrogens with one attached hydrogen (secondary N) is 1. The monoisotopic (exact) mass is 296 g/mol. The van der Waals surface area contributed by atoms with E-state index < -0.39 is 0 Å². The third-order valence-electron chi connectivity index (χ3n) is 3.53. The third kappa shape index (κ3) is 3.46. The molecule has 1 aromatic rings. The highest BCUT2D eigenvalue weighted by Gasteiger charge is 2.15. The van der Waals surface area contributed by atoms with Crippen molar-refractivity contribution in [2.24, 2.45) is 5.92 Å². The van der Waals surface area contributed by atoms with E-state index in [1.165, 1.54) is 35.1 Å². The van der Waals surface area contributed by atoms with Crippen LogP contribution < -0.4 is 10.2 Å². The summed E-state index contributed by atoms with van der Waals surface area (Å²) >= 11 is 3.60. The molecule has 0 amide bonds. The summed E-state index contributed by atoms with van der Waals surface area (Å²) in [7, 11) is 2.19. The largest absolute Gasteiger partial charge is 0.374 e. The molecule has 1 aromatic carbocycles. The Hall–Kier alpha value is -0.540. The van der Waals surface area contributed by atoms with Crippen LogP contribution in [0, 0.1) is 12.8 Å². The van der Waals surface area contributed by atoms with Gasteiger partial charge < -0.3 is 10.2 Å². The van der Waals surface area contributed by atoms with Crippen molar-refractivity contribution in [2.45, 2.75) is 19.8 Å². The molecule has 0 aromatic heterocycles. The lowest BCUT2D eigenvalue weighted by Crippen LogP contribution is -2.36. The third-order valence-corrected chi connectivity index (χ3v) is 4.38. The van der Waals surface area contributed by atoms with Gasteiger partial charge in [0.2, 0.25) is 0 Å². The molecule has 1 heterocycles. The van der Waals surface area contributed by atoms with Crippen molar-refractivity contribution >= 4 is 21.6 Å². The van der Waals surface area contributed by atoms with E-state index in [1.54, 1.807) is 0 Å². The molecule has 0 spiro atoms. The number of piperidine rings is 1. The maximum atomic E-state index is 3.60. The Bertz CT molecular complexity index is 372. The SMILES string of the molecule is Cc1ccc(N(C)CC2CCCNC2)cc1Br. The quantitative estimate of drug-likeness (QED) is 0.921. The summed E-state index contributed by atoms with van der Waals surface area (Å²) in [5.41, 5.74) is 2.59. The van der Waals surface area contributed by atoms with Crippen LogP contribution in [0.3, 0.4) is 0 Å². The molecule has 1 atom stereocenters. The van der Waals surface area contributed by atoms with E-state index in [4.69, 9.17) is 0 Å². The van der Waals surface area contributed by atoms with Gasteiger partial charge in [0.1, 0.15) is 0 Å². The number of hydrogen-bond acceptors (Lipinski definition) is 2. The molecule has 0 bridgehead atoms. The van der Waals surface area contributed by atoms with Crippen LogP contribution in [0.15, 0.2) is 22.7 Å². The fourth-order valence-corrected chi connectivity index (χ4v) is 2.76. The number of benzene rings is 1. The van der Waals surface area contributed by atoms with Crippen molar-refractivity contribution < 1.29 is 0 Å². The molecule has 2 nitrogen and oxygen atoms in total. The Morgan fingerprint density at radius 3 is 2.94 bits per heavy atom. The molecule has 0 aliphatic carbocycles. The predicted molar refractivity (Wildman–Crippen MR) is 77.7 cm³/mol. The van der Waals surface area contributed by atoms with Crippen LogP contribution in [0.4, 0.5) is 5.69 Å². The molecule has 1 fully saturated rings. The lowest BCUT2D eigenvalue weighted by atomic mass is 9.99. The van der Waals surface area contributed by atoms with Gasteiger partial charge in [-0.1, -0.05) is 22.0 Å². The lowest BCUT2D eigenvalue weighted by molar-refractivity contribution is 0.381. The molecule has 2 rings (SSSR count). The van der Waals surface area contributed by atoms with Gasteiger partial charge in [-0.05, 0) is 56.5 Å². The molecule has 17 heavy (non-hydrogen) atoms. The number of halogens is 1. The van der Waals surface area contributed by atoms with Crippen molar-refractivity contribution in [3.05, 3.63) is 28.2 Å². The fraction of sp³-hybridized carbons (Fsp3) is 0.571. The van der Waals surface area contributed by atoms with E-state index in [2.05, 4.69) is 58.3 Å². The van der Waals surface area contributed by atoms with Gasteiger partial charge in [-0.25, -0.2) is 0 Å². The van der Waals surface area contributed by atoms with Crippen LogP contribution >= 0.6 is 15.9 Å². The zero-order valence-corrected chi connectivity index (χ0v) is 12.3. The Morgan fingerprint density at radius 1 is 1.47 bits per heavy atom. The normalized spacial score (nSPS) is 20.3. The van der Waals surface area contributed by atoms with Crippen LogP contribution in [-0.2, 0) is 0 Å². The average molecular weight is 297 g/mol. The van der Waals surface area contributed by atoms with Crippen LogP contribution in [0.25, 0.3) is 0 Å². The first-order valence-electron chi connectivity index (χ1n) is 6.35. The van der Waals surface area contributed by atoms with E-state index in [-0.39, 0.29) is 0 Å². The topological polar surface area (TPSA) is 15.3 Å². The summed E-state index contributed by atoms with van der Waals surface area (Å²) < 4.78 is 1.20. The molecule has 1 aliphatic heterocycles. The summed E-state index contributed by atoms with van der Waals surface area (Å²) in [5, 5.41) is 3.48. The minimum absolute atomic E-state index is 0.786. The Labute approximate surface area is 113 Å². The van der Waals surface area contributed by atoms with Gasteiger partial charge in [-0.15, -0.1) is 0 Å². The van der Waals surface area contributed by atoms with Gasteiger partial charge in [0.25, 0.3) is 0 Å². The molecule has 1 saturated heterocycles. The molecule has 0 saturated carbocycles. The smallest absolute Gasteiger partial charge is 0.0375 e. The summed E-state index contributed by atoms with van der Waals surface area (Å²) in [5.74, 6) is 0.786. The molecule has 1 unspecified atom stereocenters. The molecule has 0 radical (unpaired) electrons. The molecular formula is C14H21BrN2. The van der Waals surface area contributed by atoms with Gasteiger partial charge in [0.15, 0.2) is 0 Å². The van der Waals surface area contributed by atoms with Crippen LogP contribution in [0.2, 0.25) is 0 Å². The zero-order chi connectivity index (χ0) is 12.3. The first-order chi connectivity index (χ1) is 8.16. The number of nitrogens with zero attached hydrogens (tertiary/aromatic N) is 1. The molecule has 3 heteroatoms. The molecule has 94 valence electrons. The van der Waals surface area contributed by atoms with E-state index in [0.29, 0.717) is 0 Å². The van der Waals surface area contributed by atoms with Gasteiger partial charge in [0, 0.05) is 23.8 Å². The number of hydrogen-bond donors (Lipinski definition) is 1. The van der Waals surface area contributed by atoms with Crippen LogP contribution in [-0.4, -0.2) is 26.7 Å². The lowest BCUT2D eigenvalue weighted by Gasteiger charge is -2.29. The van der Waals surface area contributed by atoms with Gasteiger partial charge in [-0.3, -0.25) is 0 Å². The predicted octanol–water partition coefficient (Wildman–Crippen LogP) is 3.19. The summed E-state index contributed by atoms with van der Waals surface area (Å²) in [6.45, 7) is 5.62. The maximum absolute atomic E-state index is 3.60. The van der Waals surface area contributed by atoms with Crippen LogP contribution in [0.1, 0.15) is 18.4 Å². The van der Waals surface area contributed by atoms with Crippen molar-refractivity contribution in [3.63, 3.8) is 0 Å². The summed E-state index contributed by atoms with van der Waals surface area (Å²) in [6.07, 6.45) is 2.67. The second-order valence-corrected chi connectivity index (χ2v) is 5.88. The second-order valence-electron chi connectivity index (χ2n) is 5.03. The fourth-order valence-electron chi connectivity index (χ4n) is 2.39. The van der Waals surface area contributed by atoms with Gasteiger partial charge in [-0.2, -0.15) is 0 Å². The van der Waals surface area contributed by atoms with Gasteiger partial charge in [0.05, 0.1) is 0 Å². The standard InChI is InChI=1S/C14H21BrN2/c1-11-5-6-13(8-14(11)15)17(2)10-12-4-3-7-16-9-12/h5-6,8,12,16H,3-4,7,9-10H2,1-2H3. The molecule has 1 N–H and O–H groups in total. The van der Waals surface area contributed by atoms with E-state index >= 15 is 0 Å². The van der Waals surface area contributed by atoms with E-state index in [0.717, 1.165) is 19.0 Å². The second kappa shape index (κ2) is 5.87. The highest BCUT2D eigenvalue weighted by atomic mass is 79.9. The minimum Gasteiger partial charge on any atom is -0.374 e. The summed E-state index contributed by atoms with van der Waals surface area (Å²) in [4.78, 5) is 2.36. The zero-order valence-electron chi connectivity index (χ0n) is 10.7. The highest BCUT2D eigenvalue weighted by Crippen LogP contribution is 2.24. The first-order valence-corrected chi connectivity index (χ1v) is 7.14. The van der Waals surface area contributed by atoms with Crippen molar-refractivity contribution in [1.29, 1.82) is 0 Å².